The number of nitrogens with one attached hydrogen (secondary N) is 3. The van der Waals surface area contributed by atoms with Crippen LogP contribution < -0.4 is 17.2 Å². The van der Waals surface area contributed by atoms with Crippen molar-refractivity contribution in [3.63, 3.8) is 0 Å². The normalized spacial score (nSPS) is 12.1. The SMILES string of the molecule is Cc1[nH]c2c3[nH]c(C)c(N)c3c3[nH]c(N)cc3c2c1N. The first-order valence-corrected chi connectivity index (χ1v) is 6.44. The lowest BCUT2D eigenvalue weighted by Crippen LogP contribution is -1.87. The second-order valence-corrected chi connectivity index (χ2v) is 5.34. The number of benzene rings is 1. The number of aryl methyl sites for hydroxylation is 2. The highest BCUT2D eigenvalue weighted by atomic mass is 14.9. The molecule has 4 aromatic rings. The van der Waals surface area contributed by atoms with E-state index in [-0.39, 0.29) is 0 Å². The van der Waals surface area contributed by atoms with Crippen LogP contribution in [0.4, 0.5) is 17.2 Å². The molecule has 6 heteroatoms. The van der Waals surface area contributed by atoms with Gasteiger partial charge in [0.1, 0.15) is 5.82 Å². The van der Waals surface area contributed by atoms with E-state index in [1.54, 1.807) is 0 Å². The Morgan fingerprint density at radius 3 is 1.95 bits per heavy atom. The molecule has 0 unspecified atom stereocenters. The molecule has 0 saturated heterocycles. The summed E-state index contributed by atoms with van der Waals surface area (Å²) in [5.41, 5.74) is 24.6. The summed E-state index contributed by atoms with van der Waals surface area (Å²) in [6.45, 7) is 3.92. The van der Waals surface area contributed by atoms with E-state index in [1.807, 2.05) is 19.9 Å². The molecule has 0 atom stereocenters. The molecular formula is C14H16N6. The summed E-state index contributed by atoms with van der Waals surface area (Å²) in [7, 11) is 0. The van der Waals surface area contributed by atoms with Crippen LogP contribution in [0.25, 0.3) is 32.7 Å². The second-order valence-electron chi connectivity index (χ2n) is 5.34. The molecule has 0 aliphatic heterocycles. The zero-order valence-corrected chi connectivity index (χ0v) is 11.3. The summed E-state index contributed by atoms with van der Waals surface area (Å²) in [5.74, 6) is 0.602. The number of nitrogens with two attached hydrogens (primary N) is 3. The van der Waals surface area contributed by atoms with Gasteiger partial charge in [0, 0.05) is 27.5 Å². The van der Waals surface area contributed by atoms with Gasteiger partial charge < -0.3 is 32.2 Å². The topological polar surface area (TPSA) is 125 Å². The van der Waals surface area contributed by atoms with Gasteiger partial charge in [0.15, 0.2) is 0 Å². The summed E-state index contributed by atoms with van der Waals surface area (Å²) >= 11 is 0. The van der Waals surface area contributed by atoms with Gasteiger partial charge in [-0.2, -0.15) is 0 Å². The van der Waals surface area contributed by atoms with Gasteiger partial charge in [-0.3, -0.25) is 0 Å². The molecule has 3 heterocycles. The molecule has 20 heavy (non-hydrogen) atoms. The molecule has 4 rings (SSSR count). The van der Waals surface area contributed by atoms with Crippen LogP contribution in [-0.4, -0.2) is 15.0 Å². The van der Waals surface area contributed by atoms with Crippen LogP contribution in [-0.2, 0) is 0 Å². The minimum atomic E-state index is 0.602. The van der Waals surface area contributed by atoms with Gasteiger partial charge >= 0.3 is 0 Å². The Bertz CT molecular complexity index is 898. The van der Waals surface area contributed by atoms with Crippen LogP contribution in [0.1, 0.15) is 11.4 Å². The molecule has 0 bridgehead atoms. The third-order valence-corrected chi connectivity index (χ3v) is 4.08. The maximum absolute atomic E-state index is 6.22. The monoisotopic (exact) mass is 268 g/mol. The van der Waals surface area contributed by atoms with Crippen LogP contribution in [0.15, 0.2) is 6.07 Å². The molecule has 9 N–H and O–H groups in total. The number of aromatic nitrogens is 3. The Morgan fingerprint density at radius 1 is 0.750 bits per heavy atom. The molecule has 0 radical (unpaired) electrons. The first-order chi connectivity index (χ1) is 9.49. The van der Waals surface area contributed by atoms with Gasteiger partial charge in [0.25, 0.3) is 0 Å². The van der Waals surface area contributed by atoms with Gasteiger partial charge in [0.2, 0.25) is 0 Å². The Labute approximate surface area is 114 Å². The van der Waals surface area contributed by atoms with Crippen LogP contribution in [0.2, 0.25) is 0 Å². The molecule has 6 nitrogen and oxygen atoms in total. The van der Waals surface area contributed by atoms with Crippen molar-refractivity contribution >= 4 is 49.9 Å². The molecule has 102 valence electrons. The van der Waals surface area contributed by atoms with Crippen molar-refractivity contribution in [2.24, 2.45) is 0 Å². The Hall–Kier alpha value is -2.76. The van der Waals surface area contributed by atoms with Gasteiger partial charge in [-0.15, -0.1) is 0 Å². The van der Waals surface area contributed by atoms with E-state index in [0.717, 1.165) is 55.5 Å². The minimum absolute atomic E-state index is 0.602. The minimum Gasteiger partial charge on any atom is -0.397 e. The van der Waals surface area contributed by atoms with Crippen molar-refractivity contribution in [1.82, 2.24) is 15.0 Å². The fourth-order valence-corrected chi connectivity index (χ4v) is 3.06. The fraction of sp³-hybridized carbons (Fsp3) is 0.143. The van der Waals surface area contributed by atoms with Crippen molar-refractivity contribution < 1.29 is 0 Å². The van der Waals surface area contributed by atoms with Crippen molar-refractivity contribution in [2.45, 2.75) is 13.8 Å². The molecule has 1 aromatic carbocycles. The summed E-state index contributed by atoms with van der Waals surface area (Å²) in [5, 5.41) is 2.94. The van der Waals surface area contributed by atoms with E-state index in [2.05, 4.69) is 15.0 Å². The highest BCUT2D eigenvalue weighted by Gasteiger charge is 2.19. The smallest absolute Gasteiger partial charge is 0.101 e. The van der Waals surface area contributed by atoms with Crippen molar-refractivity contribution in [2.75, 3.05) is 17.2 Å². The number of aromatic amines is 3. The van der Waals surface area contributed by atoms with E-state index in [1.165, 1.54) is 0 Å². The zero-order valence-electron chi connectivity index (χ0n) is 11.3. The Balaban J connectivity index is 2.47. The highest BCUT2D eigenvalue weighted by molar-refractivity contribution is 6.29. The van der Waals surface area contributed by atoms with Gasteiger partial charge in [-0.1, -0.05) is 0 Å². The Kier molecular flexibility index (Phi) is 1.79. The maximum Gasteiger partial charge on any atom is 0.101 e. The van der Waals surface area contributed by atoms with Crippen LogP contribution in [0, 0.1) is 13.8 Å². The van der Waals surface area contributed by atoms with Crippen molar-refractivity contribution in [3.05, 3.63) is 17.5 Å². The first-order valence-electron chi connectivity index (χ1n) is 6.44. The number of H-pyrrole nitrogens is 3. The number of hydrogen-bond acceptors (Lipinski definition) is 3. The lowest BCUT2D eigenvalue weighted by Gasteiger charge is -2.00. The number of nitrogen functional groups attached to an aromatic ring is 3. The zero-order chi connectivity index (χ0) is 14.2. The van der Waals surface area contributed by atoms with Crippen molar-refractivity contribution in [3.8, 4) is 0 Å². The fourth-order valence-electron chi connectivity index (χ4n) is 3.06. The predicted octanol–water partition coefficient (Wildman–Crippen LogP) is 2.49. The highest BCUT2D eigenvalue weighted by Crippen LogP contribution is 2.41. The summed E-state index contributed by atoms with van der Waals surface area (Å²) in [4.78, 5) is 9.88. The van der Waals surface area contributed by atoms with Crippen LogP contribution in [0.5, 0.6) is 0 Å². The van der Waals surface area contributed by atoms with E-state index in [4.69, 9.17) is 17.2 Å². The van der Waals surface area contributed by atoms with E-state index >= 15 is 0 Å². The molecule has 0 aliphatic carbocycles. The third kappa shape index (κ3) is 1.09. The van der Waals surface area contributed by atoms with Gasteiger partial charge in [-0.25, -0.2) is 0 Å². The van der Waals surface area contributed by atoms with E-state index in [0.29, 0.717) is 5.82 Å². The molecule has 0 spiro atoms. The third-order valence-electron chi connectivity index (χ3n) is 4.08. The molecule has 3 aromatic heterocycles. The molecule has 0 aliphatic rings. The number of rotatable bonds is 0. The number of anilines is 3. The van der Waals surface area contributed by atoms with E-state index in [9.17, 15) is 0 Å². The molecule has 0 amide bonds. The van der Waals surface area contributed by atoms with Gasteiger partial charge in [-0.05, 0) is 19.9 Å². The largest absolute Gasteiger partial charge is 0.397 e. The Morgan fingerprint density at radius 2 is 1.30 bits per heavy atom. The summed E-state index contributed by atoms with van der Waals surface area (Å²) in [6.07, 6.45) is 0. The summed E-state index contributed by atoms with van der Waals surface area (Å²) < 4.78 is 0. The standard InChI is InChI=1S/C14H16N6/c1-4-10(16)8-6-3-7(15)20-12(6)9-11(17)5(2)19-14(9)13(8)18-4/h3,18-20H,15-17H2,1-2H3. The average molecular weight is 268 g/mol. The first kappa shape index (κ1) is 11.1. The van der Waals surface area contributed by atoms with E-state index < -0.39 is 0 Å². The molecule has 0 saturated carbocycles. The molecular weight excluding hydrogens is 252 g/mol. The second kappa shape index (κ2) is 3.22. The predicted molar refractivity (Wildman–Crippen MR) is 84.7 cm³/mol. The number of fused-ring (bicyclic) bond motifs is 6. The molecule has 0 fully saturated rings. The quantitative estimate of drug-likeness (QED) is 0.293. The van der Waals surface area contributed by atoms with Crippen LogP contribution in [0.3, 0.4) is 0 Å². The average Bonchev–Trinajstić information content (AvgIpc) is 2.99. The van der Waals surface area contributed by atoms with Crippen molar-refractivity contribution in [1.29, 1.82) is 0 Å². The van der Waals surface area contributed by atoms with Crippen LogP contribution >= 0.6 is 0 Å². The summed E-state index contributed by atoms with van der Waals surface area (Å²) in [6, 6.07) is 1.91. The maximum atomic E-state index is 6.22. The lowest BCUT2D eigenvalue weighted by molar-refractivity contribution is 1.28. The number of hydrogen-bond donors (Lipinski definition) is 6. The van der Waals surface area contributed by atoms with Gasteiger partial charge in [0.05, 0.1) is 27.9 Å². The lowest BCUT2D eigenvalue weighted by atomic mass is 10.1.